The van der Waals surface area contributed by atoms with Gasteiger partial charge in [-0.3, -0.25) is 29.4 Å². The molecule has 5 aromatic rings. The van der Waals surface area contributed by atoms with E-state index in [1.165, 1.54) is 9.80 Å². The highest BCUT2D eigenvalue weighted by Crippen LogP contribution is 2.38. The first-order valence-electron chi connectivity index (χ1n) is 32.2. The van der Waals surface area contributed by atoms with E-state index in [0.29, 0.717) is 126 Å². The van der Waals surface area contributed by atoms with Crippen LogP contribution in [0.25, 0.3) is 10.8 Å². The lowest BCUT2D eigenvalue weighted by molar-refractivity contribution is -0.137. The van der Waals surface area contributed by atoms with Crippen LogP contribution in [0, 0.1) is 11.3 Å². The smallest absolute Gasteiger partial charge is 0.319 e. The number of hydrogen-bond donors (Lipinski definition) is 3. The van der Waals surface area contributed by atoms with Gasteiger partial charge < -0.3 is 53.9 Å². The third-order valence-electron chi connectivity index (χ3n) is 17.6. The Morgan fingerprint density at radius 3 is 2.29 bits per heavy atom. The molecule has 0 saturated carbocycles. The van der Waals surface area contributed by atoms with Gasteiger partial charge in [-0.25, -0.2) is 9.18 Å². The number of amides is 6. The molecule has 3 saturated heterocycles. The zero-order valence-corrected chi connectivity index (χ0v) is 53.6. The second-order valence-electron chi connectivity index (χ2n) is 23.9. The van der Waals surface area contributed by atoms with E-state index in [4.69, 9.17) is 56.9 Å². The number of urea groups is 1. The van der Waals surface area contributed by atoms with Crippen LogP contribution in [0.4, 0.5) is 26.4 Å². The van der Waals surface area contributed by atoms with Gasteiger partial charge >= 0.3 is 12.0 Å². The minimum atomic E-state index is -1.04. The fourth-order valence-electron chi connectivity index (χ4n) is 12.9. The Morgan fingerprint density at radius 1 is 0.772 bits per heavy atom. The number of halogens is 3. The number of fused-ring (bicyclic) bond motifs is 3. The van der Waals surface area contributed by atoms with E-state index in [2.05, 4.69) is 61.5 Å². The molecule has 3 atom stereocenters. The Hall–Kier alpha value is -7.49. The highest BCUT2D eigenvalue weighted by Gasteiger charge is 2.40. The molecule has 92 heavy (non-hydrogen) atoms. The number of anilines is 3. The number of benzene rings is 4. The number of aromatic nitrogens is 2. The second-order valence-corrected chi connectivity index (χ2v) is 24.8. The number of imide groups is 1. The lowest BCUT2D eigenvalue weighted by Crippen LogP contribution is -2.55. The molecule has 4 aromatic carbocycles. The standard InChI is InChI=1S/C68H82Cl2FN11O10/c1-46(71)65(85)81-27-26-80(43-53(81)21-23-72)63-56-22-25-79(59-16-9-13-49-12-8-15-57(70)62(49)59)44-58(56)75-68(77-63)92-45-54-14-10-24-78(54)28-30-89-32-34-91-36-35-90-33-31-88-29-7-5-3-2-4-6-11-47-38-51(69)40-52(39-47)74-67(87)73-41-48-17-18-55-50(37-48)42-82(66(55)86)60-19-20-61(83)76-64(60)84/h8-9,12-13,15-18,37-40,53-54,60H,1-7,10-11,14,19-22,24-36,41-45H2,(H2,73,74,87)(H,76,83,84)/t53-,54-,60?/m0/s1. The Kier molecular flexibility index (Phi) is 24.5. The molecule has 3 fully saturated rings. The molecule has 5 aliphatic rings. The Balaban J connectivity index is 0.555. The molecule has 1 aromatic heterocycles. The molecule has 1 unspecified atom stereocenters. The van der Waals surface area contributed by atoms with E-state index in [1.807, 2.05) is 36.4 Å². The number of piperazine rings is 1. The maximum absolute atomic E-state index is 14.1. The van der Waals surface area contributed by atoms with Crippen LogP contribution in [0.3, 0.4) is 0 Å². The van der Waals surface area contributed by atoms with E-state index in [0.717, 1.165) is 115 Å². The number of unbranched alkanes of at least 4 members (excludes halogenated alkanes) is 5. The number of nitriles is 1. The third-order valence-corrected chi connectivity index (χ3v) is 18.1. The maximum atomic E-state index is 14.1. The molecule has 10 rings (SSSR count). The molecule has 5 aliphatic heterocycles. The molecule has 6 heterocycles. The molecule has 0 spiro atoms. The van der Waals surface area contributed by atoms with Crippen LogP contribution in [-0.4, -0.2) is 171 Å². The minimum absolute atomic E-state index is 0.0372. The Labute approximate surface area is 546 Å². The average Bonchev–Trinajstić information content (AvgIpc) is 1.23. The fraction of sp³-hybridized carbons (Fsp3) is 0.500. The Morgan fingerprint density at radius 2 is 1.52 bits per heavy atom. The van der Waals surface area contributed by atoms with Crippen molar-refractivity contribution in [2.24, 2.45) is 0 Å². The van der Waals surface area contributed by atoms with Crippen molar-refractivity contribution in [3.8, 4) is 12.1 Å². The van der Waals surface area contributed by atoms with Crippen LogP contribution >= 0.6 is 23.2 Å². The molecule has 0 radical (unpaired) electrons. The predicted octanol–water partition coefficient (Wildman–Crippen LogP) is 9.49. The van der Waals surface area contributed by atoms with Crippen molar-refractivity contribution in [2.75, 3.05) is 114 Å². The van der Waals surface area contributed by atoms with Crippen LogP contribution in [0.1, 0.15) is 109 Å². The Bertz CT molecular complexity index is 3480. The number of rotatable bonds is 32. The van der Waals surface area contributed by atoms with E-state index in [-0.39, 0.29) is 62.4 Å². The minimum Gasteiger partial charge on any atom is -0.462 e. The van der Waals surface area contributed by atoms with Crippen LogP contribution in [0.5, 0.6) is 6.01 Å². The summed E-state index contributed by atoms with van der Waals surface area (Å²) in [5, 5.41) is 21.1. The third kappa shape index (κ3) is 18.0. The number of aryl methyl sites for hydroxylation is 1. The number of hydrogen-bond acceptors (Lipinski definition) is 16. The summed E-state index contributed by atoms with van der Waals surface area (Å²) in [4.78, 5) is 82.5. The molecule has 6 amide bonds. The summed E-state index contributed by atoms with van der Waals surface area (Å²) < 4.78 is 43.8. The zero-order valence-electron chi connectivity index (χ0n) is 52.1. The molecule has 0 bridgehead atoms. The summed E-state index contributed by atoms with van der Waals surface area (Å²) in [6.07, 6.45) is 10.4. The summed E-state index contributed by atoms with van der Waals surface area (Å²) in [6, 6.07) is 24.0. The first-order valence-corrected chi connectivity index (χ1v) is 32.9. The molecular weight excluding hydrogens is 1220 g/mol. The summed E-state index contributed by atoms with van der Waals surface area (Å²) in [7, 11) is 0. The largest absolute Gasteiger partial charge is 0.462 e. The summed E-state index contributed by atoms with van der Waals surface area (Å²) in [6.45, 7) is 12.1. The fourth-order valence-corrected chi connectivity index (χ4v) is 13.4. The van der Waals surface area contributed by atoms with Gasteiger partial charge in [0.05, 0.1) is 82.0 Å². The first kappa shape index (κ1) is 67.4. The number of likely N-dealkylation sites (tertiary alicyclic amines) is 1. The molecule has 0 aliphatic carbocycles. The van der Waals surface area contributed by atoms with E-state index in [1.54, 1.807) is 18.2 Å². The van der Waals surface area contributed by atoms with Crippen LogP contribution in [0.2, 0.25) is 10.0 Å². The van der Waals surface area contributed by atoms with Crippen molar-refractivity contribution < 1.29 is 52.0 Å². The number of nitrogens with zero attached hydrogens (tertiary/aromatic N) is 8. The summed E-state index contributed by atoms with van der Waals surface area (Å²) >= 11 is 13.2. The topological polar surface area (TPSA) is 233 Å². The number of carbonyl (C=O) groups excluding carboxylic acids is 5. The van der Waals surface area contributed by atoms with Gasteiger partial charge in [-0.2, -0.15) is 15.2 Å². The van der Waals surface area contributed by atoms with Gasteiger partial charge in [0.25, 0.3) is 11.8 Å². The van der Waals surface area contributed by atoms with Crippen LogP contribution < -0.4 is 30.5 Å². The molecule has 490 valence electrons. The predicted molar refractivity (Wildman–Crippen MR) is 349 cm³/mol. The first-order chi connectivity index (χ1) is 44.8. The number of carbonyl (C=O) groups is 5. The van der Waals surface area contributed by atoms with Gasteiger partial charge in [-0.15, -0.1) is 0 Å². The highest BCUT2D eigenvalue weighted by atomic mass is 35.5. The quantitative estimate of drug-likeness (QED) is 0.0207. The average molecular weight is 1300 g/mol. The lowest BCUT2D eigenvalue weighted by atomic mass is 10.0. The number of ether oxygens (including phenoxy) is 5. The van der Waals surface area contributed by atoms with E-state index in [9.17, 15) is 33.6 Å². The van der Waals surface area contributed by atoms with Crippen molar-refractivity contribution in [1.82, 2.24) is 35.3 Å². The number of piperidine rings is 1. The summed E-state index contributed by atoms with van der Waals surface area (Å²) in [5.41, 5.74) is 6.60. The van der Waals surface area contributed by atoms with Crippen molar-refractivity contribution >= 4 is 80.8 Å². The highest BCUT2D eigenvalue weighted by molar-refractivity contribution is 6.36. The summed E-state index contributed by atoms with van der Waals surface area (Å²) in [5.74, 6) is -2.15. The SMILES string of the molecule is C=C(F)C(=O)N1CCN(c2nc(OC[C@@H]3CCCN3CCOCCOCCOCCOCCCCCCCCc3cc(Cl)cc(NC(=O)NCc4ccc5c(c4)CN(C4CCC(=O)NC4=O)C5=O)c3)nc3c2CCN(c2cccc4cccc(Cl)c24)C3)C[C@@H]1CC#N. The van der Waals surface area contributed by atoms with Gasteiger partial charge in [-0.1, -0.05) is 91.9 Å². The van der Waals surface area contributed by atoms with Crippen molar-refractivity contribution in [1.29, 1.82) is 5.26 Å². The molecule has 24 heteroatoms. The second kappa shape index (κ2) is 33.4. The van der Waals surface area contributed by atoms with Crippen LogP contribution in [0.15, 0.2) is 85.2 Å². The van der Waals surface area contributed by atoms with Crippen LogP contribution in [-0.2, 0) is 65.8 Å². The van der Waals surface area contributed by atoms with Gasteiger partial charge in [0, 0.05) is 97.8 Å². The van der Waals surface area contributed by atoms with E-state index >= 15 is 0 Å². The van der Waals surface area contributed by atoms with Crippen molar-refractivity contribution in [3.63, 3.8) is 0 Å². The van der Waals surface area contributed by atoms with Crippen molar-refractivity contribution in [2.45, 2.75) is 121 Å². The van der Waals surface area contributed by atoms with Gasteiger partial charge in [0.2, 0.25) is 11.8 Å². The molecule has 3 N–H and O–H groups in total. The maximum Gasteiger partial charge on any atom is 0.319 e. The van der Waals surface area contributed by atoms with Crippen molar-refractivity contribution in [3.05, 3.63) is 129 Å². The van der Waals surface area contributed by atoms with Gasteiger partial charge in [-0.05, 0) is 110 Å². The number of nitrogens with one attached hydrogen (secondary N) is 3. The van der Waals surface area contributed by atoms with Gasteiger partial charge in [0.15, 0.2) is 5.83 Å². The van der Waals surface area contributed by atoms with E-state index < -0.39 is 29.7 Å². The zero-order chi connectivity index (χ0) is 64.3. The monoisotopic (exact) mass is 1300 g/mol. The van der Waals surface area contributed by atoms with Gasteiger partial charge in [0.1, 0.15) is 18.5 Å². The lowest BCUT2D eigenvalue weighted by Gasteiger charge is -2.42. The normalized spacial score (nSPS) is 18.2. The molecule has 21 nitrogen and oxygen atoms in total. The molecular formula is C68H82Cl2FN11O10.